The molecule has 0 aliphatic heterocycles. The second-order valence-corrected chi connectivity index (χ2v) is 5.68. The van der Waals surface area contributed by atoms with Crippen LogP contribution in [-0.4, -0.2) is 23.5 Å². The number of nitrogens with one attached hydrogen (secondary N) is 2. The fourth-order valence-electron chi connectivity index (χ4n) is 2.23. The van der Waals surface area contributed by atoms with Gasteiger partial charge >= 0.3 is 6.03 Å². The van der Waals surface area contributed by atoms with Crippen LogP contribution in [0.25, 0.3) is 0 Å². The number of ketones is 1. The van der Waals surface area contributed by atoms with Gasteiger partial charge in [0.05, 0.1) is 12.6 Å². The van der Waals surface area contributed by atoms with Crippen molar-refractivity contribution in [3.8, 4) is 0 Å². The third-order valence-corrected chi connectivity index (χ3v) is 3.78. The number of anilines is 1. The van der Waals surface area contributed by atoms with Gasteiger partial charge in [-0.05, 0) is 29.8 Å². The number of carbonyl (C=O) groups is 2. The first kappa shape index (κ1) is 18.0. The van der Waals surface area contributed by atoms with E-state index < -0.39 is 12.1 Å². The highest BCUT2D eigenvalue weighted by molar-refractivity contribution is 6.30. The number of urea groups is 1. The number of amides is 2. The van der Waals surface area contributed by atoms with Gasteiger partial charge < -0.3 is 15.7 Å². The van der Waals surface area contributed by atoms with Gasteiger partial charge in [-0.1, -0.05) is 42.8 Å². The summed E-state index contributed by atoms with van der Waals surface area (Å²) in [5.41, 5.74) is 1.80. The zero-order valence-corrected chi connectivity index (χ0v) is 14.0. The number of halogens is 1. The zero-order valence-electron chi connectivity index (χ0n) is 13.3. The summed E-state index contributed by atoms with van der Waals surface area (Å²) in [6.07, 6.45) is 0.402. The number of aliphatic hydroxyl groups is 1. The van der Waals surface area contributed by atoms with Crippen molar-refractivity contribution in [3.05, 3.63) is 64.7 Å². The molecule has 2 aromatic carbocycles. The molecule has 0 saturated heterocycles. The van der Waals surface area contributed by atoms with Gasteiger partial charge in [-0.2, -0.15) is 0 Å². The van der Waals surface area contributed by atoms with Crippen LogP contribution in [0.2, 0.25) is 5.02 Å². The van der Waals surface area contributed by atoms with Crippen molar-refractivity contribution in [1.29, 1.82) is 0 Å². The lowest BCUT2D eigenvalue weighted by Crippen LogP contribution is -2.34. The molecule has 0 bridgehead atoms. The molecule has 2 amide bonds. The maximum atomic E-state index is 12.1. The second-order valence-electron chi connectivity index (χ2n) is 5.24. The monoisotopic (exact) mass is 346 g/mol. The Hall–Kier alpha value is -2.37. The molecule has 6 heteroatoms. The standard InChI is InChI=1S/C18H19ClN2O3/c1-2-17(23)13-4-3-5-15(10-13)20-18(24)21-16(11-22)12-6-8-14(19)9-7-12/h3-10,16,22H,2,11H2,1H3,(H2,20,21,24). The normalized spacial score (nSPS) is 11.6. The van der Waals surface area contributed by atoms with Crippen LogP contribution in [0.3, 0.4) is 0 Å². The smallest absolute Gasteiger partial charge is 0.319 e. The third-order valence-electron chi connectivity index (χ3n) is 3.52. The SMILES string of the molecule is CCC(=O)c1cccc(NC(=O)NC(CO)c2ccc(Cl)cc2)c1. The summed E-state index contributed by atoms with van der Waals surface area (Å²) in [5, 5.41) is 15.4. The summed E-state index contributed by atoms with van der Waals surface area (Å²) in [7, 11) is 0. The van der Waals surface area contributed by atoms with Gasteiger partial charge in [0, 0.05) is 22.7 Å². The lowest BCUT2D eigenvalue weighted by atomic mass is 10.1. The van der Waals surface area contributed by atoms with E-state index in [-0.39, 0.29) is 12.4 Å². The first-order valence-corrected chi connectivity index (χ1v) is 7.98. The minimum Gasteiger partial charge on any atom is -0.394 e. The molecular formula is C18H19ClN2O3. The van der Waals surface area contributed by atoms with Crippen molar-refractivity contribution in [2.75, 3.05) is 11.9 Å². The summed E-state index contributed by atoms with van der Waals surface area (Å²) < 4.78 is 0. The van der Waals surface area contributed by atoms with Crippen molar-refractivity contribution in [2.24, 2.45) is 0 Å². The number of Topliss-reactive ketones (excluding diaryl/α,β-unsaturated/α-hetero) is 1. The predicted molar refractivity (Wildman–Crippen MR) is 94.5 cm³/mol. The van der Waals surface area contributed by atoms with Crippen LogP contribution in [0.1, 0.15) is 35.3 Å². The maximum Gasteiger partial charge on any atom is 0.319 e. The molecular weight excluding hydrogens is 328 g/mol. The molecule has 0 spiro atoms. The minimum atomic E-state index is -0.553. The number of hydrogen-bond donors (Lipinski definition) is 3. The highest BCUT2D eigenvalue weighted by Gasteiger charge is 2.14. The van der Waals surface area contributed by atoms with Crippen LogP contribution in [0.15, 0.2) is 48.5 Å². The fraction of sp³-hybridized carbons (Fsp3) is 0.222. The van der Waals surface area contributed by atoms with Crippen LogP contribution in [0.4, 0.5) is 10.5 Å². The Morgan fingerprint density at radius 2 is 1.88 bits per heavy atom. The molecule has 126 valence electrons. The Morgan fingerprint density at radius 1 is 1.17 bits per heavy atom. The third kappa shape index (κ3) is 4.81. The summed E-state index contributed by atoms with van der Waals surface area (Å²) in [6.45, 7) is 1.54. The minimum absolute atomic E-state index is 0.00783. The van der Waals surface area contributed by atoms with Crippen LogP contribution in [0.5, 0.6) is 0 Å². The van der Waals surface area contributed by atoms with Gasteiger partial charge in [0.1, 0.15) is 0 Å². The van der Waals surface area contributed by atoms with Crippen molar-refractivity contribution in [1.82, 2.24) is 5.32 Å². The van der Waals surface area contributed by atoms with Gasteiger partial charge in [0.2, 0.25) is 0 Å². The molecule has 0 aromatic heterocycles. The Bertz CT molecular complexity index is 716. The summed E-state index contributed by atoms with van der Waals surface area (Å²) in [4.78, 5) is 23.8. The van der Waals surface area contributed by atoms with Crippen LogP contribution in [-0.2, 0) is 0 Å². The Kier molecular flexibility index (Phi) is 6.35. The van der Waals surface area contributed by atoms with E-state index in [0.29, 0.717) is 22.7 Å². The van der Waals surface area contributed by atoms with E-state index in [0.717, 1.165) is 5.56 Å². The summed E-state index contributed by atoms with van der Waals surface area (Å²) in [6, 6.07) is 12.6. The van der Waals surface area contributed by atoms with Crippen molar-refractivity contribution in [2.45, 2.75) is 19.4 Å². The molecule has 0 radical (unpaired) electrons. The Balaban J connectivity index is 2.04. The van der Waals surface area contributed by atoms with E-state index in [1.165, 1.54) is 0 Å². The topological polar surface area (TPSA) is 78.4 Å². The zero-order chi connectivity index (χ0) is 17.5. The predicted octanol–water partition coefficient (Wildman–Crippen LogP) is 3.79. The average Bonchev–Trinajstić information content (AvgIpc) is 2.60. The lowest BCUT2D eigenvalue weighted by Gasteiger charge is -2.17. The number of carbonyl (C=O) groups excluding carboxylic acids is 2. The van der Waals surface area contributed by atoms with Crippen molar-refractivity contribution < 1.29 is 14.7 Å². The van der Waals surface area contributed by atoms with Crippen molar-refractivity contribution in [3.63, 3.8) is 0 Å². The van der Waals surface area contributed by atoms with E-state index in [2.05, 4.69) is 10.6 Å². The molecule has 24 heavy (non-hydrogen) atoms. The maximum absolute atomic E-state index is 12.1. The van der Waals surface area contributed by atoms with Gasteiger partial charge in [0.15, 0.2) is 5.78 Å². The van der Waals surface area contributed by atoms with Gasteiger partial charge in [0.25, 0.3) is 0 Å². The molecule has 1 unspecified atom stereocenters. The van der Waals surface area contributed by atoms with E-state index in [4.69, 9.17) is 11.6 Å². The van der Waals surface area contributed by atoms with E-state index in [1.54, 1.807) is 55.5 Å². The van der Waals surface area contributed by atoms with Gasteiger partial charge in [-0.3, -0.25) is 4.79 Å². The molecule has 2 rings (SSSR count). The number of aliphatic hydroxyl groups excluding tert-OH is 1. The molecule has 3 N–H and O–H groups in total. The molecule has 2 aromatic rings. The van der Waals surface area contributed by atoms with Gasteiger partial charge in [-0.15, -0.1) is 0 Å². The van der Waals surface area contributed by atoms with Crippen molar-refractivity contribution >= 4 is 29.1 Å². The Labute approximate surface area is 145 Å². The molecule has 1 atom stereocenters. The highest BCUT2D eigenvalue weighted by Crippen LogP contribution is 2.17. The van der Waals surface area contributed by atoms with E-state index in [9.17, 15) is 14.7 Å². The fourth-order valence-corrected chi connectivity index (χ4v) is 2.36. The highest BCUT2D eigenvalue weighted by atomic mass is 35.5. The largest absolute Gasteiger partial charge is 0.394 e. The quantitative estimate of drug-likeness (QED) is 0.696. The first-order valence-electron chi connectivity index (χ1n) is 7.60. The number of benzene rings is 2. The van der Waals surface area contributed by atoms with Crippen LogP contribution in [0, 0.1) is 0 Å². The first-order chi connectivity index (χ1) is 11.5. The molecule has 5 nitrogen and oxygen atoms in total. The molecule has 0 aliphatic carbocycles. The number of rotatable bonds is 6. The van der Waals surface area contributed by atoms with E-state index >= 15 is 0 Å². The second kappa shape index (κ2) is 8.47. The van der Waals surface area contributed by atoms with Crippen LogP contribution >= 0.6 is 11.6 Å². The van der Waals surface area contributed by atoms with Gasteiger partial charge in [-0.25, -0.2) is 4.79 Å². The summed E-state index contributed by atoms with van der Waals surface area (Å²) >= 11 is 5.84. The van der Waals surface area contributed by atoms with Crippen LogP contribution < -0.4 is 10.6 Å². The molecule has 0 heterocycles. The average molecular weight is 347 g/mol. The number of hydrogen-bond acceptors (Lipinski definition) is 3. The van der Waals surface area contributed by atoms with E-state index in [1.807, 2.05) is 0 Å². The molecule has 0 fully saturated rings. The summed E-state index contributed by atoms with van der Waals surface area (Å²) in [5.74, 6) is 0.00783. The molecule has 0 aliphatic rings. The lowest BCUT2D eigenvalue weighted by molar-refractivity contribution is 0.0988. The molecule has 0 saturated carbocycles. The Morgan fingerprint density at radius 3 is 2.50 bits per heavy atom.